The minimum Gasteiger partial charge on any atom is -0.491 e. The summed E-state index contributed by atoms with van der Waals surface area (Å²) in [5.41, 5.74) is 1.73. The van der Waals surface area contributed by atoms with Crippen LogP contribution in [-0.2, 0) is 0 Å². The predicted molar refractivity (Wildman–Crippen MR) is 87.2 cm³/mol. The van der Waals surface area contributed by atoms with Gasteiger partial charge in [-0.3, -0.25) is 4.79 Å². The minimum atomic E-state index is 0.119. The molecular weight excluding hydrogens is 330 g/mol. The lowest BCUT2D eigenvalue weighted by Gasteiger charge is -2.22. The molecule has 3 rings (SSSR count). The summed E-state index contributed by atoms with van der Waals surface area (Å²) in [7, 11) is 0. The zero-order chi connectivity index (χ0) is 14.7. The molecule has 2 aromatic carbocycles. The first kappa shape index (κ1) is 14.1. The van der Waals surface area contributed by atoms with E-state index in [2.05, 4.69) is 20.8 Å². The number of benzene rings is 2. The SMILES string of the molecule is O=C(CN1CCCOc2ccccc21)c1cccc(Br)c1. The zero-order valence-electron chi connectivity index (χ0n) is 11.6. The summed E-state index contributed by atoms with van der Waals surface area (Å²) < 4.78 is 6.65. The van der Waals surface area contributed by atoms with E-state index in [0.717, 1.165) is 34.4 Å². The molecule has 0 bridgehead atoms. The number of para-hydroxylation sites is 2. The Morgan fingerprint density at radius 3 is 2.90 bits per heavy atom. The Labute approximate surface area is 132 Å². The van der Waals surface area contributed by atoms with Crippen LogP contribution in [-0.4, -0.2) is 25.5 Å². The molecule has 0 aromatic heterocycles. The second-order valence-corrected chi connectivity index (χ2v) is 5.94. The van der Waals surface area contributed by atoms with Crippen molar-refractivity contribution in [2.45, 2.75) is 6.42 Å². The smallest absolute Gasteiger partial charge is 0.182 e. The number of halogens is 1. The van der Waals surface area contributed by atoms with Gasteiger partial charge in [0.2, 0.25) is 0 Å². The molecule has 108 valence electrons. The van der Waals surface area contributed by atoms with E-state index in [1.165, 1.54) is 0 Å². The van der Waals surface area contributed by atoms with Crippen LogP contribution >= 0.6 is 15.9 Å². The standard InChI is InChI=1S/C17H16BrNO2/c18-14-6-3-5-13(11-14)16(20)12-19-9-4-10-21-17-8-2-1-7-15(17)19/h1-3,5-8,11H,4,9-10,12H2. The highest BCUT2D eigenvalue weighted by Crippen LogP contribution is 2.30. The van der Waals surface area contributed by atoms with Crippen molar-refractivity contribution in [2.75, 3.05) is 24.6 Å². The molecule has 1 heterocycles. The third kappa shape index (κ3) is 3.27. The highest BCUT2D eigenvalue weighted by molar-refractivity contribution is 9.10. The van der Waals surface area contributed by atoms with Crippen LogP contribution in [0.4, 0.5) is 5.69 Å². The van der Waals surface area contributed by atoms with Crippen molar-refractivity contribution in [3.05, 3.63) is 58.6 Å². The maximum atomic E-state index is 12.5. The fraction of sp³-hybridized carbons (Fsp3) is 0.235. The van der Waals surface area contributed by atoms with Gasteiger partial charge in [0.1, 0.15) is 5.75 Å². The molecule has 0 saturated heterocycles. The first-order valence-corrected chi connectivity index (χ1v) is 7.79. The van der Waals surface area contributed by atoms with Crippen LogP contribution in [0.2, 0.25) is 0 Å². The number of Topliss-reactive ketones (excluding diaryl/α,β-unsaturated/α-hetero) is 1. The molecule has 0 saturated carbocycles. The summed E-state index contributed by atoms with van der Waals surface area (Å²) in [6.45, 7) is 1.90. The van der Waals surface area contributed by atoms with Crippen LogP contribution in [0.15, 0.2) is 53.0 Å². The molecule has 1 aliphatic heterocycles. The summed E-state index contributed by atoms with van der Waals surface area (Å²) in [6, 6.07) is 15.4. The summed E-state index contributed by atoms with van der Waals surface area (Å²) in [6.07, 6.45) is 0.917. The molecule has 0 N–H and O–H groups in total. The first-order chi connectivity index (χ1) is 10.2. The second kappa shape index (κ2) is 6.31. The van der Waals surface area contributed by atoms with Gasteiger partial charge in [-0.2, -0.15) is 0 Å². The number of hydrogen-bond donors (Lipinski definition) is 0. The van der Waals surface area contributed by atoms with E-state index in [-0.39, 0.29) is 5.78 Å². The van der Waals surface area contributed by atoms with E-state index in [0.29, 0.717) is 13.2 Å². The Kier molecular flexibility index (Phi) is 4.25. The molecule has 2 aromatic rings. The lowest BCUT2D eigenvalue weighted by molar-refractivity contribution is 0.0999. The van der Waals surface area contributed by atoms with Crippen LogP contribution in [0, 0.1) is 0 Å². The van der Waals surface area contributed by atoms with Gasteiger partial charge in [-0.05, 0) is 30.7 Å². The molecule has 21 heavy (non-hydrogen) atoms. The Hall–Kier alpha value is -1.81. The number of nitrogens with zero attached hydrogens (tertiary/aromatic N) is 1. The summed E-state index contributed by atoms with van der Waals surface area (Å²) in [4.78, 5) is 14.6. The Bertz CT molecular complexity index is 657. The molecule has 0 aliphatic carbocycles. The minimum absolute atomic E-state index is 0.119. The van der Waals surface area contributed by atoms with E-state index in [4.69, 9.17) is 4.74 Å². The number of anilines is 1. The van der Waals surface area contributed by atoms with Crippen molar-refractivity contribution in [1.29, 1.82) is 0 Å². The Balaban J connectivity index is 1.83. The van der Waals surface area contributed by atoms with Gasteiger partial charge in [-0.15, -0.1) is 0 Å². The molecular formula is C17H16BrNO2. The number of ketones is 1. The lowest BCUT2D eigenvalue weighted by Crippen LogP contribution is -2.30. The van der Waals surface area contributed by atoms with E-state index in [1.54, 1.807) is 0 Å². The third-order valence-electron chi connectivity index (χ3n) is 3.52. The maximum Gasteiger partial charge on any atom is 0.182 e. The van der Waals surface area contributed by atoms with Crippen molar-refractivity contribution >= 4 is 27.4 Å². The number of rotatable bonds is 3. The Morgan fingerprint density at radius 2 is 2.05 bits per heavy atom. The highest BCUT2D eigenvalue weighted by Gasteiger charge is 2.19. The Morgan fingerprint density at radius 1 is 1.19 bits per heavy atom. The molecule has 0 unspecified atom stereocenters. The maximum absolute atomic E-state index is 12.5. The van der Waals surface area contributed by atoms with Gasteiger partial charge in [-0.1, -0.05) is 40.2 Å². The molecule has 0 fully saturated rings. The summed E-state index contributed by atoms with van der Waals surface area (Å²) >= 11 is 3.41. The van der Waals surface area contributed by atoms with Crippen LogP contribution < -0.4 is 9.64 Å². The lowest BCUT2D eigenvalue weighted by atomic mass is 10.1. The zero-order valence-corrected chi connectivity index (χ0v) is 13.2. The number of carbonyl (C=O) groups excluding carboxylic acids is 1. The quantitative estimate of drug-likeness (QED) is 0.789. The van der Waals surface area contributed by atoms with E-state index in [1.807, 2.05) is 48.5 Å². The van der Waals surface area contributed by atoms with Crippen LogP contribution in [0.3, 0.4) is 0 Å². The number of ether oxygens (including phenoxy) is 1. The summed E-state index contributed by atoms with van der Waals surface area (Å²) in [5.74, 6) is 0.977. The fourth-order valence-corrected chi connectivity index (χ4v) is 2.89. The second-order valence-electron chi connectivity index (χ2n) is 5.02. The first-order valence-electron chi connectivity index (χ1n) is 6.99. The average Bonchev–Trinajstić information content (AvgIpc) is 2.70. The van der Waals surface area contributed by atoms with Crippen LogP contribution in [0.25, 0.3) is 0 Å². The molecule has 4 heteroatoms. The highest BCUT2D eigenvalue weighted by atomic mass is 79.9. The number of carbonyl (C=O) groups is 1. The van der Waals surface area contributed by atoms with Gasteiger partial charge in [-0.25, -0.2) is 0 Å². The molecule has 1 aliphatic rings. The number of hydrogen-bond acceptors (Lipinski definition) is 3. The van der Waals surface area contributed by atoms with Gasteiger partial charge in [0.05, 0.1) is 18.8 Å². The van der Waals surface area contributed by atoms with Gasteiger partial charge < -0.3 is 9.64 Å². The fourth-order valence-electron chi connectivity index (χ4n) is 2.49. The van der Waals surface area contributed by atoms with Crippen molar-refractivity contribution < 1.29 is 9.53 Å². The van der Waals surface area contributed by atoms with Crippen molar-refractivity contribution in [1.82, 2.24) is 0 Å². The average molecular weight is 346 g/mol. The van der Waals surface area contributed by atoms with Crippen LogP contribution in [0.1, 0.15) is 16.8 Å². The third-order valence-corrected chi connectivity index (χ3v) is 4.01. The van der Waals surface area contributed by atoms with E-state index in [9.17, 15) is 4.79 Å². The van der Waals surface area contributed by atoms with Crippen molar-refractivity contribution in [3.8, 4) is 5.75 Å². The van der Waals surface area contributed by atoms with E-state index < -0.39 is 0 Å². The van der Waals surface area contributed by atoms with E-state index >= 15 is 0 Å². The van der Waals surface area contributed by atoms with Crippen LogP contribution in [0.5, 0.6) is 5.75 Å². The molecule has 0 spiro atoms. The normalized spacial score (nSPS) is 14.0. The van der Waals surface area contributed by atoms with Gasteiger partial charge in [0.15, 0.2) is 5.78 Å². The van der Waals surface area contributed by atoms with Gasteiger partial charge in [0.25, 0.3) is 0 Å². The monoisotopic (exact) mass is 345 g/mol. The molecule has 0 amide bonds. The van der Waals surface area contributed by atoms with Gasteiger partial charge in [0, 0.05) is 16.6 Å². The predicted octanol–water partition coefficient (Wildman–Crippen LogP) is 3.92. The number of fused-ring (bicyclic) bond motifs is 1. The van der Waals surface area contributed by atoms with Crippen molar-refractivity contribution in [2.24, 2.45) is 0 Å². The topological polar surface area (TPSA) is 29.5 Å². The van der Waals surface area contributed by atoms with Gasteiger partial charge >= 0.3 is 0 Å². The van der Waals surface area contributed by atoms with Crippen molar-refractivity contribution in [3.63, 3.8) is 0 Å². The summed E-state index contributed by atoms with van der Waals surface area (Å²) in [5, 5.41) is 0. The largest absolute Gasteiger partial charge is 0.491 e. The molecule has 3 nitrogen and oxygen atoms in total. The molecule has 0 atom stereocenters. The molecule has 0 radical (unpaired) electrons.